The van der Waals surface area contributed by atoms with Gasteiger partial charge >= 0.3 is 19.5 Å². The Morgan fingerprint density at radius 3 is 1.45 bits per heavy atom. The van der Waals surface area contributed by atoms with Crippen molar-refractivity contribution in [1.82, 2.24) is 0 Å². The van der Waals surface area contributed by atoms with E-state index in [4.69, 9.17) is 5.73 Å². The first kappa shape index (κ1) is 22.4. The van der Waals surface area contributed by atoms with E-state index in [2.05, 4.69) is 0 Å². The molecular formula is C8H14ClNZn. The molecule has 1 nitrogen and oxygen atoms in total. The summed E-state index contributed by atoms with van der Waals surface area (Å²) in [6.45, 7) is 0. The van der Waals surface area contributed by atoms with Crippen LogP contribution < -0.4 is 5.73 Å². The molecule has 0 spiro atoms. The molecule has 3 heteroatoms. The summed E-state index contributed by atoms with van der Waals surface area (Å²) in [4.78, 5) is 0. The molecule has 0 bridgehead atoms. The average Bonchev–Trinajstić information content (AvgIpc) is 1.69. The van der Waals surface area contributed by atoms with E-state index in [1.54, 1.807) is 0 Å². The minimum Gasteiger partial charge on any atom is -0.399 e. The summed E-state index contributed by atoms with van der Waals surface area (Å²) in [7, 11) is 0. The van der Waals surface area contributed by atoms with E-state index in [0.29, 0.717) is 0 Å². The van der Waals surface area contributed by atoms with Crippen molar-refractivity contribution >= 4 is 18.1 Å². The maximum absolute atomic E-state index is 5.36. The quantitative estimate of drug-likeness (QED) is 0.410. The molecule has 0 radical (unpaired) electrons. The van der Waals surface area contributed by atoms with Gasteiger partial charge in [-0.2, -0.15) is 0 Å². The number of anilines is 1. The number of rotatable bonds is 0. The third-order valence-corrected chi connectivity index (χ3v) is 0.800. The summed E-state index contributed by atoms with van der Waals surface area (Å²) >= 11 is 0. The van der Waals surface area contributed by atoms with Gasteiger partial charge in [0.2, 0.25) is 0 Å². The number of para-hydroxylation sites is 1. The zero-order chi connectivity index (χ0) is 5.11. The van der Waals surface area contributed by atoms with Gasteiger partial charge in [0.1, 0.15) is 0 Å². The van der Waals surface area contributed by atoms with Gasteiger partial charge in [0.25, 0.3) is 0 Å². The van der Waals surface area contributed by atoms with Crippen molar-refractivity contribution in [2.45, 2.75) is 0 Å². The van der Waals surface area contributed by atoms with E-state index < -0.39 is 0 Å². The Bertz CT molecular complexity index is 144. The van der Waals surface area contributed by atoms with Gasteiger partial charge in [0.15, 0.2) is 0 Å². The molecule has 0 saturated heterocycles. The molecule has 11 heavy (non-hydrogen) atoms. The molecule has 0 atom stereocenters. The molecule has 1 rings (SSSR count). The second-order valence-corrected chi connectivity index (χ2v) is 1.41. The van der Waals surface area contributed by atoms with E-state index in [-0.39, 0.29) is 46.7 Å². The predicted molar refractivity (Wildman–Crippen MR) is 50.9 cm³/mol. The number of hydrogen-bond acceptors (Lipinski definition) is 1. The van der Waals surface area contributed by atoms with Crippen molar-refractivity contribution < 1.29 is 19.5 Å². The van der Waals surface area contributed by atoms with Crippen molar-refractivity contribution in [3.05, 3.63) is 45.2 Å². The summed E-state index contributed by atoms with van der Waals surface area (Å²) in [6, 6.07) is 9.49. The van der Waals surface area contributed by atoms with Crippen molar-refractivity contribution in [2.24, 2.45) is 0 Å². The van der Waals surface area contributed by atoms with Crippen LogP contribution >= 0.6 is 12.4 Å². The van der Waals surface area contributed by atoms with Crippen LogP contribution in [-0.2, 0) is 19.5 Å². The second kappa shape index (κ2) is 12.6. The van der Waals surface area contributed by atoms with Crippen molar-refractivity contribution in [3.63, 3.8) is 0 Å². The van der Waals surface area contributed by atoms with Gasteiger partial charge in [-0.1, -0.05) is 18.2 Å². The third kappa shape index (κ3) is 9.93. The van der Waals surface area contributed by atoms with E-state index in [1.165, 1.54) is 0 Å². The fourth-order valence-electron chi connectivity index (χ4n) is 0.453. The van der Waals surface area contributed by atoms with Crippen LogP contribution in [0.15, 0.2) is 30.3 Å². The second-order valence-electron chi connectivity index (χ2n) is 1.41. The van der Waals surface area contributed by atoms with Crippen molar-refractivity contribution in [1.29, 1.82) is 0 Å². The Hall–Kier alpha value is -0.0666. The maximum atomic E-state index is 5.36. The molecule has 0 fully saturated rings. The molecule has 0 unspecified atom stereocenters. The number of hydrogen-bond donors (Lipinski definition) is 1. The van der Waals surface area contributed by atoms with Crippen molar-refractivity contribution in [2.75, 3.05) is 5.73 Å². The number of halogens is 1. The van der Waals surface area contributed by atoms with Gasteiger partial charge in [-0.3, -0.25) is 0 Å². The van der Waals surface area contributed by atoms with Crippen LogP contribution in [0.4, 0.5) is 5.69 Å². The minimum atomic E-state index is 0. The van der Waals surface area contributed by atoms with Crippen molar-refractivity contribution in [3.8, 4) is 0 Å². The average molecular weight is 225 g/mol. The Morgan fingerprint density at radius 1 is 0.909 bits per heavy atom. The van der Waals surface area contributed by atoms with Crippen LogP contribution in [-0.4, -0.2) is 0 Å². The van der Waals surface area contributed by atoms with Gasteiger partial charge in [0.05, 0.1) is 0 Å². The third-order valence-electron chi connectivity index (χ3n) is 0.800. The van der Waals surface area contributed by atoms with Crippen LogP contribution in [0, 0.1) is 14.9 Å². The Labute approximate surface area is 88.5 Å². The standard InChI is InChI=1S/C6H7N.2CH3.ClH.Zn/c7-6-4-2-1-3-5-6;;;;/h1-5H,7H2;2*1H3;1H;/q;2*-1;;+2. The van der Waals surface area contributed by atoms with E-state index >= 15 is 0 Å². The van der Waals surface area contributed by atoms with E-state index in [1.807, 2.05) is 30.3 Å². The van der Waals surface area contributed by atoms with Gasteiger partial charge in [-0.25, -0.2) is 0 Å². The maximum Gasteiger partial charge on any atom is 2.00 e. The first-order valence-corrected chi connectivity index (χ1v) is 2.20. The molecule has 0 heterocycles. The number of nitrogens with two attached hydrogens (primary N) is 1. The molecule has 1 aromatic carbocycles. The number of nitrogen functional groups attached to an aromatic ring is 1. The van der Waals surface area contributed by atoms with E-state index in [0.717, 1.165) is 5.69 Å². The Kier molecular flexibility index (Phi) is 25.7. The molecule has 60 valence electrons. The van der Waals surface area contributed by atoms with Crippen LogP contribution in [0.3, 0.4) is 0 Å². The summed E-state index contributed by atoms with van der Waals surface area (Å²) < 4.78 is 0. The smallest absolute Gasteiger partial charge is 0.399 e. The van der Waals surface area contributed by atoms with Crippen LogP contribution in [0.25, 0.3) is 0 Å². The SMILES string of the molecule is Cl.Nc1ccccc1.[CH3-].[CH3-].[Zn+2]. The molecule has 0 aromatic heterocycles. The van der Waals surface area contributed by atoms with Gasteiger partial charge in [-0.15, -0.1) is 12.4 Å². The fourth-order valence-corrected chi connectivity index (χ4v) is 0.453. The summed E-state index contributed by atoms with van der Waals surface area (Å²) in [5, 5.41) is 0. The summed E-state index contributed by atoms with van der Waals surface area (Å²) in [5.41, 5.74) is 6.18. The zero-order valence-electron chi connectivity index (χ0n) is 7.08. The molecule has 2 N–H and O–H groups in total. The molecule has 0 amide bonds. The minimum absolute atomic E-state index is 0. The first-order chi connectivity index (χ1) is 3.39. The summed E-state index contributed by atoms with van der Waals surface area (Å²) in [5.74, 6) is 0. The summed E-state index contributed by atoms with van der Waals surface area (Å²) in [6.07, 6.45) is 0. The molecule has 0 aliphatic heterocycles. The number of benzene rings is 1. The zero-order valence-corrected chi connectivity index (χ0v) is 10.9. The van der Waals surface area contributed by atoms with E-state index in [9.17, 15) is 0 Å². The topological polar surface area (TPSA) is 26.0 Å². The molecule has 1 aromatic rings. The Morgan fingerprint density at radius 2 is 1.27 bits per heavy atom. The van der Waals surface area contributed by atoms with Crippen LogP contribution in [0.5, 0.6) is 0 Å². The fraction of sp³-hybridized carbons (Fsp3) is 0. The first-order valence-electron chi connectivity index (χ1n) is 2.20. The molecule has 0 saturated carbocycles. The molecule has 0 aliphatic rings. The van der Waals surface area contributed by atoms with Gasteiger partial charge < -0.3 is 20.6 Å². The monoisotopic (exact) mass is 223 g/mol. The van der Waals surface area contributed by atoms with Gasteiger partial charge in [-0.05, 0) is 12.1 Å². The van der Waals surface area contributed by atoms with Crippen LogP contribution in [0.1, 0.15) is 0 Å². The largest absolute Gasteiger partial charge is 2.00 e. The molecular weight excluding hydrogens is 211 g/mol. The Balaban J connectivity index is -0.0000000612. The normalized spacial score (nSPS) is 5.45. The van der Waals surface area contributed by atoms with Crippen LogP contribution in [0.2, 0.25) is 0 Å². The predicted octanol–water partition coefficient (Wildman–Crippen LogP) is 2.59. The molecule has 0 aliphatic carbocycles. The van der Waals surface area contributed by atoms with Gasteiger partial charge in [0, 0.05) is 5.69 Å².